The maximum absolute atomic E-state index is 13.3. The average molecular weight is 389 g/mol. The van der Waals surface area contributed by atoms with Crippen molar-refractivity contribution < 1.29 is 19.7 Å². The van der Waals surface area contributed by atoms with Gasteiger partial charge in [0.2, 0.25) is 0 Å². The van der Waals surface area contributed by atoms with Crippen molar-refractivity contribution >= 4 is 5.78 Å². The van der Waals surface area contributed by atoms with Gasteiger partial charge in [-0.1, -0.05) is 19.4 Å². The lowest BCUT2D eigenvalue weighted by molar-refractivity contribution is -0.137. The Kier molecular flexibility index (Phi) is 4.57. The van der Waals surface area contributed by atoms with E-state index in [1.54, 1.807) is 0 Å². The van der Waals surface area contributed by atoms with E-state index in [0.29, 0.717) is 24.4 Å². The number of aliphatic hydroxyl groups is 2. The molecule has 4 fully saturated rings. The fourth-order valence-electron chi connectivity index (χ4n) is 7.88. The predicted octanol–water partition coefficient (Wildman–Crippen LogP) is 3.65. The van der Waals surface area contributed by atoms with Crippen LogP contribution in [0, 0.1) is 34.5 Å². The van der Waals surface area contributed by atoms with Crippen LogP contribution in [0.2, 0.25) is 0 Å². The van der Waals surface area contributed by atoms with E-state index in [9.17, 15) is 15.0 Å². The molecule has 0 aromatic carbocycles. The van der Waals surface area contributed by atoms with Gasteiger partial charge in [-0.05, 0) is 92.4 Å². The van der Waals surface area contributed by atoms with Gasteiger partial charge in [0.15, 0.2) is 5.78 Å². The summed E-state index contributed by atoms with van der Waals surface area (Å²) in [5.74, 6) is 1.27. The number of hydrogen-bond donors (Lipinski definition) is 2. The Balaban J connectivity index is 1.43. The number of fused-ring (bicyclic) bond motifs is 5. The summed E-state index contributed by atoms with van der Waals surface area (Å²) in [6.07, 6.45) is 10.5. The van der Waals surface area contributed by atoms with Crippen molar-refractivity contribution in [1.29, 1.82) is 0 Å². The van der Waals surface area contributed by atoms with Gasteiger partial charge in [0.05, 0.1) is 18.3 Å². The minimum Gasteiger partial charge on any atom is -0.390 e. The Morgan fingerprint density at radius 2 is 1.89 bits per heavy atom. The molecule has 5 rings (SSSR count). The zero-order chi connectivity index (χ0) is 19.7. The molecule has 5 aliphatic rings. The number of rotatable bonds is 1. The lowest BCUT2D eigenvalue weighted by atomic mass is 9.47. The van der Waals surface area contributed by atoms with E-state index in [4.69, 9.17) is 4.74 Å². The first-order valence-corrected chi connectivity index (χ1v) is 11.6. The minimum absolute atomic E-state index is 0.0261. The Morgan fingerprint density at radius 1 is 1.07 bits per heavy atom. The molecule has 0 bridgehead atoms. The van der Waals surface area contributed by atoms with Gasteiger partial charge in [0.25, 0.3) is 0 Å². The Hall–Kier alpha value is -0.710. The van der Waals surface area contributed by atoms with Gasteiger partial charge in [-0.25, -0.2) is 0 Å². The van der Waals surface area contributed by atoms with Gasteiger partial charge >= 0.3 is 0 Å². The van der Waals surface area contributed by atoms with Crippen molar-refractivity contribution in [3.63, 3.8) is 0 Å². The van der Waals surface area contributed by atoms with Crippen LogP contribution in [0.3, 0.4) is 0 Å². The number of carbonyl (C=O) groups is 1. The molecule has 4 unspecified atom stereocenters. The fraction of sp³-hybridized carbons (Fsp3) is 0.875. The molecular weight excluding hydrogens is 352 g/mol. The lowest BCUT2D eigenvalue weighted by Crippen LogP contribution is -2.54. The van der Waals surface area contributed by atoms with Gasteiger partial charge in [0, 0.05) is 12.5 Å². The van der Waals surface area contributed by atoms with Crippen LogP contribution in [0.25, 0.3) is 0 Å². The van der Waals surface area contributed by atoms with Gasteiger partial charge in [-0.2, -0.15) is 0 Å². The molecule has 1 saturated heterocycles. The van der Waals surface area contributed by atoms with Crippen LogP contribution < -0.4 is 0 Å². The zero-order valence-electron chi connectivity index (χ0n) is 17.4. The van der Waals surface area contributed by atoms with Gasteiger partial charge < -0.3 is 14.9 Å². The lowest BCUT2D eigenvalue weighted by Gasteiger charge is -2.57. The monoisotopic (exact) mass is 388 g/mol. The van der Waals surface area contributed by atoms with Gasteiger partial charge in [-0.3, -0.25) is 4.79 Å². The molecule has 0 aromatic rings. The third-order valence-corrected chi connectivity index (χ3v) is 9.70. The summed E-state index contributed by atoms with van der Waals surface area (Å²) in [6, 6.07) is 0. The molecule has 0 amide bonds. The van der Waals surface area contributed by atoms with Crippen molar-refractivity contribution in [2.45, 2.75) is 89.9 Å². The van der Waals surface area contributed by atoms with Crippen LogP contribution in [-0.2, 0) is 9.53 Å². The maximum atomic E-state index is 13.3. The first-order valence-electron chi connectivity index (χ1n) is 11.6. The highest BCUT2D eigenvalue weighted by molar-refractivity contribution is 5.94. The van der Waals surface area contributed by atoms with Crippen molar-refractivity contribution in [1.82, 2.24) is 0 Å². The molecule has 9 atom stereocenters. The van der Waals surface area contributed by atoms with Crippen molar-refractivity contribution in [3.05, 3.63) is 11.6 Å². The molecule has 1 heterocycles. The molecule has 4 nitrogen and oxygen atoms in total. The Morgan fingerprint density at radius 3 is 2.64 bits per heavy atom. The van der Waals surface area contributed by atoms with E-state index in [0.717, 1.165) is 32.3 Å². The quantitative estimate of drug-likeness (QED) is 0.720. The SMILES string of the molecule is C[C@]12CC[C@H](C3CCCCO3)CC1=CC(=O)C1C2CC[C@@]2(C)C1C[C@@H](O)[C@@H]2O. The largest absolute Gasteiger partial charge is 0.390 e. The molecule has 28 heavy (non-hydrogen) atoms. The highest BCUT2D eigenvalue weighted by atomic mass is 16.5. The third kappa shape index (κ3) is 2.63. The van der Waals surface area contributed by atoms with E-state index in [2.05, 4.69) is 13.8 Å². The maximum Gasteiger partial charge on any atom is 0.159 e. The average Bonchev–Trinajstić information content (AvgIpc) is 2.92. The number of carbonyl (C=O) groups excluding carboxylic acids is 1. The minimum atomic E-state index is -0.691. The van der Waals surface area contributed by atoms with Gasteiger partial charge in [0.1, 0.15) is 0 Å². The standard InChI is InChI=1S/C24H36O4/c1-23-8-6-14(20-5-3-4-10-28-20)11-15(23)12-18(25)21-16(23)7-9-24(2)17(21)13-19(26)22(24)27/h12,14,16-17,19-22,26-27H,3-11,13H2,1-2H3/t14-,16?,17?,19+,20?,21?,22-,23-,24-/m0/s1. The summed E-state index contributed by atoms with van der Waals surface area (Å²) in [5, 5.41) is 21.0. The van der Waals surface area contributed by atoms with E-state index in [1.165, 1.54) is 31.3 Å². The van der Waals surface area contributed by atoms with Crippen LogP contribution >= 0.6 is 0 Å². The summed E-state index contributed by atoms with van der Waals surface area (Å²) in [6.45, 7) is 5.39. The van der Waals surface area contributed by atoms with Crippen molar-refractivity contribution in [2.24, 2.45) is 34.5 Å². The van der Waals surface area contributed by atoms with E-state index in [1.807, 2.05) is 6.08 Å². The number of hydrogen-bond acceptors (Lipinski definition) is 4. The van der Waals surface area contributed by atoms with Crippen LogP contribution in [0.5, 0.6) is 0 Å². The Labute approximate surface area is 168 Å². The molecule has 2 N–H and O–H groups in total. The highest BCUT2D eigenvalue weighted by Crippen LogP contribution is 2.64. The highest BCUT2D eigenvalue weighted by Gasteiger charge is 2.63. The second kappa shape index (κ2) is 6.65. The summed E-state index contributed by atoms with van der Waals surface area (Å²) < 4.78 is 6.09. The van der Waals surface area contributed by atoms with Crippen molar-refractivity contribution in [3.8, 4) is 0 Å². The number of aliphatic hydroxyl groups excluding tert-OH is 2. The molecule has 0 aromatic heterocycles. The zero-order valence-corrected chi connectivity index (χ0v) is 17.4. The first-order chi connectivity index (χ1) is 13.3. The summed E-state index contributed by atoms with van der Waals surface area (Å²) in [4.78, 5) is 13.3. The smallest absolute Gasteiger partial charge is 0.159 e. The van der Waals surface area contributed by atoms with Crippen LogP contribution in [0.15, 0.2) is 11.6 Å². The summed E-state index contributed by atoms with van der Waals surface area (Å²) >= 11 is 0. The molecule has 0 spiro atoms. The third-order valence-electron chi connectivity index (χ3n) is 9.70. The van der Waals surface area contributed by atoms with Crippen LogP contribution in [0.4, 0.5) is 0 Å². The van der Waals surface area contributed by atoms with Crippen LogP contribution in [-0.4, -0.2) is 40.9 Å². The van der Waals surface area contributed by atoms with E-state index < -0.39 is 12.2 Å². The molecule has 4 aliphatic carbocycles. The molecule has 3 saturated carbocycles. The number of ether oxygens (including phenoxy) is 1. The Bertz CT molecular complexity index is 680. The van der Waals surface area contributed by atoms with Crippen LogP contribution in [0.1, 0.15) is 71.6 Å². The second-order valence-electron chi connectivity index (χ2n) is 10.9. The normalized spacial score (nSPS) is 53.8. The molecule has 4 heteroatoms. The first kappa shape index (κ1) is 19.3. The summed E-state index contributed by atoms with van der Waals surface area (Å²) in [7, 11) is 0. The van der Waals surface area contributed by atoms with Gasteiger partial charge in [-0.15, -0.1) is 0 Å². The molecule has 156 valence electrons. The number of ketones is 1. The van der Waals surface area contributed by atoms with E-state index in [-0.39, 0.29) is 28.4 Å². The predicted molar refractivity (Wildman–Crippen MR) is 107 cm³/mol. The topological polar surface area (TPSA) is 66.8 Å². The fourth-order valence-corrected chi connectivity index (χ4v) is 7.88. The van der Waals surface area contributed by atoms with E-state index >= 15 is 0 Å². The summed E-state index contributed by atoms with van der Waals surface area (Å²) in [5.41, 5.74) is 1.15. The molecule has 0 radical (unpaired) electrons. The van der Waals surface area contributed by atoms with Crippen molar-refractivity contribution in [2.75, 3.05) is 6.61 Å². The number of allylic oxidation sites excluding steroid dienone is 2. The molecular formula is C24H36O4. The molecule has 1 aliphatic heterocycles. The second-order valence-corrected chi connectivity index (χ2v) is 10.9.